The molecule has 1 atom stereocenters. The van der Waals surface area contributed by atoms with Gasteiger partial charge in [-0.15, -0.1) is 0 Å². The van der Waals surface area contributed by atoms with Crippen LogP contribution in [0.1, 0.15) is 34.1 Å². The number of amides is 1. The smallest absolute Gasteiger partial charge is 0.410 e. The Hall–Kier alpha value is -2.15. The first-order valence-corrected chi connectivity index (χ1v) is 9.48. The van der Waals surface area contributed by atoms with Crippen molar-refractivity contribution in [3.8, 4) is 11.5 Å². The highest BCUT2D eigenvalue weighted by Gasteiger charge is 2.30. The van der Waals surface area contributed by atoms with Gasteiger partial charge in [0.1, 0.15) is 5.60 Å². The number of nitrogens with two attached hydrogens (primary N) is 1. The van der Waals surface area contributed by atoms with Crippen LogP contribution in [0.25, 0.3) is 0 Å². The molecule has 2 N–H and O–H groups in total. The van der Waals surface area contributed by atoms with E-state index in [1.807, 2.05) is 31.7 Å². The zero-order chi connectivity index (χ0) is 20.0. The Labute approximate surface area is 162 Å². The molecule has 0 aliphatic carbocycles. The van der Waals surface area contributed by atoms with Crippen LogP contribution in [0.3, 0.4) is 0 Å². The van der Waals surface area contributed by atoms with Gasteiger partial charge in [-0.1, -0.05) is 0 Å². The number of carbonyl (C=O) groups excluding carboxylic acids is 1. The molecule has 0 aromatic heterocycles. The molecule has 0 saturated carbocycles. The molecule has 7 heteroatoms. The number of anilines is 1. The van der Waals surface area contributed by atoms with Crippen LogP contribution >= 0.6 is 0 Å². The van der Waals surface area contributed by atoms with Crippen LogP contribution in [0.4, 0.5) is 10.5 Å². The summed E-state index contributed by atoms with van der Waals surface area (Å²) in [7, 11) is 1.60. The van der Waals surface area contributed by atoms with Crippen molar-refractivity contribution in [2.75, 3.05) is 45.6 Å². The van der Waals surface area contributed by atoms with Crippen LogP contribution in [0, 0.1) is 0 Å². The molecular weight excluding hydrogens is 346 g/mol. The second kappa shape index (κ2) is 9.17. The summed E-state index contributed by atoms with van der Waals surface area (Å²) in [5.41, 5.74) is 5.94. The fourth-order valence-electron chi connectivity index (χ4n) is 3.10. The molecule has 1 unspecified atom stereocenters. The number of methoxy groups -OCH3 is 1. The summed E-state index contributed by atoms with van der Waals surface area (Å²) >= 11 is 0. The van der Waals surface area contributed by atoms with E-state index < -0.39 is 5.60 Å². The monoisotopic (exact) mass is 379 g/mol. The maximum atomic E-state index is 12.3. The standard InChI is InChI=1S/C20H33N3O4/c1-15-14-22(10-11-23(15)19(24)27-20(2,3)4)9-6-12-26-17-8-7-16(21)13-18(17)25-5/h7-8,13,15H,6,9-12,14,21H2,1-5H3. The number of rotatable bonds is 6. The average molecular weight is 380 g/mol. The highest BCUT2D eigenvalue weighted by Crippen LogP contribution is 2.29. The topological polar surface area (TPSA) is 77.3 Å². The van der Waals surface area contributed by atoms with Crippen LogP contribution in [0.15, 0.2) is 18.2 Å². The highest BCUT2D eigenvalue weighted by molar-refractivity contribution is 5.68. The largest absolute Gasteiger partial charge is 0.493 e. The van der Waals surface area contributed by atoms with Gasteiger partial charge >= 0.3 is 6.09 Å². The van der Waals surface area contributed by atoms with E-state index in [4.69, 9.17) is 19.9 Å². The molecule has 2 rings (SSSR count). The number of piperazine rings is 1. The summed E-state index contributed by atoms with van der Waals surface area (Å²) in [6.45, 7) is 11.6. The van der Waals surface area contributed by atoms with Crippen molar-refractivity contribution < 1.29 is 19.0 Å². The van der Waals surface area contributed by atoms with Crippen molar-refractivity contribution in [2.24, 2.45) is 0 Å². The van der Waals surface area contributed by atoms with E-state index in [1.165, 1.54) is 0 Å². The number of benzene rings is 1. The lowest BCUT2D eigenvalue weighted by atomic mass is 10.2. The Balaban J connectivity index is 1.73. The van der Waals surface area contributed by atoms with E-state index in [0.717, 1.165) is 26.1 Å². The predicted molar refractivity (Wildman–Crippen MR) is 106 cm³/mol. The van der Waals surface area contributed by atoms with Crippen LogP contribution in [0.2, 0.25) is 0 Å². The van der Waals surface area contributed by atoms with Gasteiger partial charge in [-0.3, -0.25) is 4.90 Å². The maximum Gasteiger partial charge on any atom is 0.410 e. The first kappa shape index (κ1) is 21.2. The van der Waals surface area contributed by atoms with Gasteiger partial charge in [0.05, 0.1) is 13.7 Å². The summed E-state index contributed by atoms with van der Waals surface area (Å²) in [4.78, 5) is 16.5. The van der Waals surface area contributed by atoms with Gasteiger partial charge in [0, 0.05) is 44.0 Å². The highest BCUT2D eigenvalue weighted by atomic mass is 16.6. The van der Waals surface area contributed by atoms with Crippen LogP contribution < -0.4 is 15.2 Å². The lowest BCUT2D eigenvalue weighted by molar-refractivity contribution is 0.00105. The van der Waals surface area contributed by atoms with E-state index >= 15 is 0 Å². The Kier molecular flexibility index (Phi) is 7.18. The molecule has 27 heavy (non-hydrogen) atoms. The molecule has 1 aliphatic rings. The second-order valence-corrected chi connectivity index (χ2v) is 7.94. The van der Waals surface area contributed by atoms with E-state index in [9.17, 15) is 4.79 Å². The van der Waals surface area contributed by atoms with Crippen LogP contribution in [-0.2, 0) is 4.74 Å². The third-order valence-corrected chi connectivity index (χ3v) is 4.40. The van der Waals surface area contributed by atoms with Crippen molar-refractivity contribution in [2.45, 2.75) is 45.8 Å². The molecule has 0 radical (unpaired) electrons. The minimum atomic E-state index is -0.464. The SMILES string of the molecule is COc1cc(N)ccc1OCCCN1CCN(C(=O)OC(C)(C)C)C(C)C1. The molecule has 0 spiro atoms. The molecule has 1 aliphatic heterocycles. The van der Waals surface area contributed by atoms with Gasteiger partial charge < -0.3 is 24.8 Å². The predicted octanol–water partition coefficient (Wildman–Crippen LogP) is 2.99. The van der Waals surface area contributed by atoms with Crippen LogP contribution in [-0.4, -0.2) is 67.4 Å². The zero-order valence-electron chi connectivity index (χ0n) is 17.2. The molecule has 1 saturated heterocycles. The Morgan fingerprint density at radius 3 is 2.63 bits per heavy atom. The molecule has 1 aromatic carbocycles. The number of hydrogen-bond acceptors (Lipinski definition) is 6. The number of nitrogens with zero attached hydrogens (tertiary/aromatic N) is 2. The molecule has 0 bridgehead atoms. The molecule has 1 fully saturated rings. The Morgan fingerprint density at radius 2 is 2.00 bits per heavy atom. The van der Waals surface area contributed by atoms with Crippen LogP contribution in [0.5, 0.6) is 11.5 Å². The van der Waals surface area contributed by atoms with Crippen molar-refractivity contribution in [3.05, 3.63) is 18.2 Å². The minimum absolute atomic E-state index is 0.131. The Bertz CT molecular complexity index is 630. The first-order valence-electron chi connectivity index (χ1n) is 9.48. The lowest BCUT2D eigenvalue weighted by Gasteiger charge is -2.40. The van der Waals surface area contributed by atoms with Crippen molar-refractivity contribution in [3.63, 3.8) is 0 Å². The van der Waals surface area contributed by atoms with Crippen molar-refractivity contribution in [1.29, 1.82) is 0 Å². The second-order valence-electron chi connectivity index (χ2n) is 7.94. The molecular formula is C20H33N3O4. The summed E-state index contributed by atoms with van der Waals surface area (Å²) in [5.74, 6) is 1.35. The van der Waals surface area contributed by atoms with E-state index in [0.29, 0.717) is 30.3 Å². The van der Waals surface area contributed by atoms with Crippen molar-refractivity contribution in [1.82, 2.24) is 9.80 Å². The normalized spacial score (nSPS) is 18.3. The van der Waals surface area contributed by atoms with E-state index in [1.54, 1.807) is 19.2 Å². The minimum Gasteiger partial charge on any atom is -0.493 e. The summed E-state index contributed by atoms with van der Waals surface area (Å²) in [5, 5.41) is 0. The van der Waals surface area contributed by atoms with Gasteiger partial charge in [-0.2, -0.15) is 0 Å². The summed E-state index contributed by atoms with van der Waals surface area (Å²) in [6.07, 6.45) is 0.667. The molecule has 1 aromatic rings. The number of ether oxygens (including phenoxy) is 3. The number of carbonyl (C=O) groups is 1. The average Bonchev–Trinajstić information content (AvgIpc) is 2.58. The zero-order valence-corrected chi connectivity index (χ0v) is 17.2. The van der Waals surface area contributed by atoms with E-state index in [-0.39, 0.29) is 12.1 Å². The van der Waals surface area contributed by atoms with E-state index in [2.05, 4.69) is 11.8 Å². The fraction of sp³-hybridized carbons (Fsp3) is 0.650. The quantitative estimate of drug-likeness (QED) is 0.605. The third-order valence-electron chi connectivity index (χ3n) is 4.40. The lowest BCUT2D eigenvalue weighted by Crippen LogP contribution is -2.55. The summed E-state index contributed by atoms with van der Waals surface area (Å²) < 4.78 is 16.6. The maximum absolute atomic E-state index is 12.3. The number of hydrogen-bond donors (Lipinski definition) is 1. The Morgan fingerprint density at radius 1 is 1.26 bits per heavy atom. The van der Waals surface area contributed by atoms with Crippen molar-refractivity contribution >= 4 is 11.8 Å². The third kappa shape index (κ3) is 6.50. The van der Waals surface area contributed by atoms with Gasteiger partial charge in [0.15, 0.2) is 11.5 Å². The molecule has 152 valence electrons. The van der Waals surface area contributed by atoms with Gasteiger partial charge in [-0.05, 0) is 46.2 Å². The molecule has 1 amide bonds. The van der Waals surface area contributed by atoms with Gasteiger partial charge in [-0.25, -0.2) is 4.79 Å². The van der Waals surface area contributed by atoms with Gasteiger partial charge in [0.25, 0.3) is 0 Å². The summed E-state index contributed by atoms with van der Waals surface area (Å²) in [6, 6.07) is 5.52. The molecule has 7 nitrogen and oxygen atoms in total. The molecule has 1 heterocycles. The first-order chi connectivity index (χ1) is 12.7. The number of nitrogen functional groups attached to an aromatic ring is 1. The fourth-order valence-corrected chi connectivity index (χ4v) is 3.10. The van der Waals surface area contributed by atoms with Gasteiger partial charge in [0.2, 0.25) is 0 Å².